The molecule has 0 spiro atoms. The van der Waals surface area contributed by atoms with Crippen LogP contribution in [0.15, 0.2) is 24.3 Å². The normalized spacial score (nSPS) is 23.8. The molecule has 2 atom stereocenters. The zero-order valence-electron chi connectivity index (χ0n) is 11.9. The first kappa shape index (κ1) is 13.6. The van der Waals surface area contributed by atoms with Crippen molar-refractivity contribution in [1.82, 2.24) is 0 Å². The van der Waals surface area contributed by atoms with Gasteiger partial charge in [-0.1, -0.05) is 51.0 Å². The third-order valence-electron chi connectivity index (χ3n) is 4.73. The van der Waals surface area contributed by atoms with Crippen LogP contribution in [0.5, 0.6) is 0 Å². The van der Waals surface area contributed by atoms with Gasteiger partial charge in [-0.25, -0.2) is 0 Å². The smallest absolute Gasteiger partial charge is 0.0326 e. The molecule has 2 unspecified atom stereocenters. The number of aryl methyl sites for hydroxylation is 1. The average Bonchev–Trinajstić information content (AvgIpc) is 2.56. The fourth-order valence-corrected chi connectivity index (χ4v) is 3.39. The Morgan fingerprint density at radius 3 is 2.67 bits per heavy atom. The Hall–Kier alpha value is -0.820. The fourth-order valence-electron chi connectivity index (χ4n) is 3.39. The Morgan fingerprint density at radius 1 is 1.22 bits per heavy atom. The van der Waals surface area contributed by atoms with Crippen molar-refractivity contribution in [2.75, 3.05) is 0 Å². The van der Waals surface area contributed by atoms with Gasteiger partial charge in [-0.2, -0.15) is 0 Å². The highest BCUT2D eigenvalue weighted by molar-refractivity contribution is 5.31. The number of benzene rings is 1. The molecule has 0 heterocycles. The highest BCUT2D eigenvalue weighted by Crippen LogP contribution is 2.36. The van der Waals surface area contributed by atoms with Crippen LogP contribution < -0.4 is 5.73 Å². The quantitative estimate of drug-likeness (QED) is 0.778. The molecule has 0 radical (unpaired) electrons. The van der Waals surface area contributed by atoms with E-state index in [9.17, 15) is 0 Å². The highest BCUT2D eigenvalue weighted by atomic mass is 14.7. The van der Waals surface area contributed by atoms with Gasteiger partial charge in [0.1, 0.15) is 0 Å². The summed E-state index contributed by atoms with van der Waals surface area (Å²) in [4.78, 5) is 0. The molecular weight excluding hydrogens is 218 g/mol. The number of rotatable bonds is 4. The summed E-state index contributed by atoms with van der Waals surface area (Å²) in [6.45, 7) is 4.62. The summed E-state index contributed by atoms with van der Waals surface area (Å²) in [6, 6.07) is 9.04. The lowest BCUT2D eigenvalue weighted by molar-refractivity contribution is 0.297. The maximum Gasteiger partial charge on any atom is 0.0326 e. The van der Waals surface area contributed by atoms with E-state index < -0.39 is 0 Å². The minimum absolute atomic E-state index is 0.254. The standard InChI is InChI=1S/C17H27N/c1-3-13(4-2)12-15-10-7-9-14-8-5-6-11-16(14)17(15)18/h5-6,8,11,13,15,17H,3-4,7,9-10,12,18H2,1-2H3. The first-order valence-corrected chi connectivity index (χ1v) is 7.59. The minimum atomic E-state index is 0.254. The van der Waals surface area contributed by atoms with Gasteiger partial charge in [-0.3, -0.25) is 0 Å². The van der Waals surface area contributed by atoms with E-state index in [4.69, 9.17) is 5.73 Å². The van der Waals surface area contributed by atoms with Crippen molar-refractivity contribution in [2.24, 2.45) is 17.6 Å². The highest BCUT2D eigenvalue weighted by Gasteiger charge is 2.26. The van der Waals surface area contributed by atoms with Gasteiger partial charge < -0.3 is 5.73 Å². The van der Waals surface area contributed by atoms with Crippen molar-refractivity contribution in [3.8, 4) is 0 Å². The molecule has 0 fully saturated rings. The molecule has 0 saturated heterocycles. The van der Waals surface area contributed by atoms with Crippen LogP contribution >= 0.6 is 0 Å². The maximum atomic E-state index is 6.55. The van der Waals surface area contributed by atoms with E-state index in [2.05, 4.69) is 38.1 Å². The minimum Gasteiger partial charge on any atom is -0.324 e. The summed E-state index contributed by atoms with van der Waals surface area (Å²) >= 11 is 0. The third-order valence-corrected chi connectivity index (χ3v) is 4.73. The van der Waals surface area contributed by atoms with Gasteiger partial charge in [0.05, 0.1) is 0 Å². The second-order valence-electron chi connectivity index (χ2n) is 5.80. The molecule has 18 heavy (non-hydrogen) atoms. The SMILES string of the molecule is CCC(CC)CC1CCCc2ccccc2C1N. The summed E-state index contributed by atoms with van der Waals surface area (Å²) in [5.74, 6) is 1.53. The first-order valence-electron chi connectivity index (χ1n) is 7.59. The maximum absolute atomic E-state index is 6.55. The molecule has 0 saturated carbocycles. The number of hydrogen-bond donors (Lipinski definition) is 1. The Morgan fingerprint density at radius 2 is 1.94 bits per heavy atom. The van der Waals surface area contributed by atoms with Gasteiger partial charge in [0, 0.05) is 6.04 Å². The van der Waals surface area contributed by atoms with Crippen LogP contribution in [0.4, 0.5) is 0 Å². The molecule has 1 aromatic rings. The zero-order valence-corrected chi connectivity index (χ0v) is 11.9. The zero-order chi connectivity index (χ0) is 13.0. The second kappa shape index (κ2) is 6.38. The van der Waals surface area contributed by atoms with Gasteiger partial charge >= 0.3 is 0 Å². The topological polar surface area (TPSA) is 26.0 Å². The summed E-state index contributed by atoms with van der Waals surface area (Å²) in [5, 5.41) is 0. The lowest BCUT2D eigenvalue weighted by Crippen LogP contribution is -2.23. The van der Waals surface area contributed by atoms with Crippen LogP contribution in [0.25, 0.3) is 0 Å². The Labute approximate surface area is 112 Å². The van der Waals surface area contributed by atoms with Crippen LogP contribution in [-0.2, 0) is 6.42 Å². The molecule has 2 N–H and O–H groups in total. The van der Waals surface area contributed by atoms with Gasteiger partial charge in [-0.05, 0) is 48.6 Å². The lowest BCUT2D eigenvalue weighted by atomic mass is 9.82. The molecule has 1 aliphatic rings. The lowest BCUT2D eigenvalue weighted by Gasteiger charge is -2.26. The fraction of sp³-hybridized carbons (Fsp3) is 0.647. The van der Waals surface area contributed by atoms with E-state index in [-0.39, 0.29) is 6.04 Å². The van der Waals surface area contributed by atoms with E-state index in [1.165, 1.54) is 49.7 Å². The molecule has 100 valence electrons. The first-order chi connectivity index (χ1) is 8.76. The van der Waals surface area contributed by atoms with Gasteiger partial charge in [0.25, 0.3) is 0 Å². The molecule has 1 nitrogen and oxygen atoms in total. The van der Waals surface area contributed by atoms with E-state index in [1.807, 2.05) is 0 Å². The molecule has 0 aliphatic heterocycles. The van der Waals surface area contributed by atoms with Gasteiger partial charge in [-0.15, -0.1) is 0 Å². The molecular formula is C17H27N. The van der Waals surface area contributed by atoms with E-state index in [1.54, 1.807) is 0 Å². The van der Waals surface area contributed by atoms with Crippen LogP contribution in [0.1, 0.15) is 63.1 Å². The molecule has 1 heteroatoms. The van der Waals surface area contributed by atoms with Crippen molar-refractivity contribution in [3.05, 3.63) is 35.4 Å². The van der Waals surface area contributed by atoms with Crippen LogP contribution in [-0.4, -0.2) is 0 Å². The molecule has 0 amide bonds. The molecule has 2 rings (SSSR count). The molecule has 0 bridgehead atoms. The van der Waals surface area contributed by atoms with Crippen molar-refractivity contribution in [3.63, 3.8) is 0 Å². The van der Waals surface area contributed by atoms with Crippen molar-refractivity contribution >= 4 is 0 Å². The van der Waals surface area contributed by atoms with Crippen LogP contribution in [0.2, 0.25) is 0 Å². The van der Waals surface area contributed by atoms with Gasteiger partial charge in [0.2, 0.25) is 0 Å². The third kappa shape index (κ3) is 2.95. The summed E-state index contributed by atoms with van der Waals surface area (Å²) in [6.07, 6.45) is 7.70. The predicted molar refractivity (Wildman–Crippen MR) is 78.5 cm³/mol. The number of hydrogen-bond acceptors (Lipinski definition) is 1. The van der Waals surface area contributed by atoms with Crippen molar-refractivity contribution in [2.45, 2.75) is 58.4 Å². The van der Waals surface area contributed by atoms with Crippen LogP contribution in [0.3, 0.4) is 0 Å². The van der Waals surface area contributed by atoms with E-state index in [0.29, 0.717) is 5.92 Å². The molecule has 0 aromatic heterocycles. The average molecular weight is 245 g/mol. The van der Waals surface area contributed by atoms with Crippen LogP contribution in [0, 0.1) is 11.8 Å². The second-order valence-corrected chi connectivity index (χ2v) is 5.80. The Balaban J connectivity index is 2.14. The van der Waals surface area contributed by atoms with E-state index in [0.717, 1.165) is 5.92 Å². The number of nitrogens with two attached hydrogens (primary N) is 1. The molecule has 1 aliphatic carbocycles. The van der Waals surface area contributed by atoms with Gasteiger partial charge in [0.15, 0.2) is 0 Å². The Kier molecular flexibility index (Phi) is 4.82. The molecule has 1 aromatic carbocycles. The summed E-state index contributed by atoms with van der Waals surface area (Å²) in [7, 11) is 0. The largest absolute Gasteiger partial charge is 0.324 e. The monoisotopic (exact) mass is 245 g/mol. The predicted octanol–water partition coefficient (Wildman–Crippen LogP) is 4.47. The van der Waals surface area contributed by atoms with Crippen molar-refractivity contribution < 1.29 is 0 Å². The Bertz CT molecular complexity index is 368. The van der Waals surface area contributed by atoms with Crippen molar-refractivity contribution in [1.29, 1.82) is 0 Å². The van der Waals surface area contributed by atoms with E-state index >= 15 is 0 Å². The number of fused-ring (bicyclic) bond motifs is 1. The summed E-state index contributed by atoms with van der Waals surface area (Å²) < 4.78 is 0. The summed E-state index contributed by atoms with van der Waals surface area (Å²) in [5.41, 5.74) is 9.44.